The molecule has 1 fully saturated rings. The number of amides is 2. The Bertz CT molecular complexity index is 501. The van der Waals surface area contributed by atoms with E-state index < -0.39 is 0 Å². The van der Waals surface area contributed by atoms with E-state index in [1.165, 1.54) is 11.3 Å². The molecular weight excluding hydrogens is 288 g/mol. The SMILES string of the molecule is Cc1ccc(C(=O)NCC(=O)NC2CCCCC2CO)s1. The standard InChI is InChI=1S/C15H22N2O3S/c1-10-6-7-13(21-10)15(20)16-8-14(19)17-12-5-3-2-4-11(12)9-18/h6-7,11-12,18H,2-5,8-9H2,1H3,(H,16,20)(H,17,19). The van der Waals surface area contributed by atoms with Crippen LogP contribution in [-0.4, -0.2) is 36.1 Å². The van der Waals surface area contributed by atoms with Crippen LogP contribution in [0.5, 0.6) is 0 Å². The maximum atomic E-state index is 11.9. The molecule has 5 nitrogen and oxygen atoms in total. The molecule has 1 aromatic heterocycles. The van der Waals surface area contributed by atoms with Crippen LogP contribution in [-0.2, 0) is 4.79 Å². The minimum atomic E-state index is -0.217. The number of hydrogen-bond donors (Lipinski definition) is 3. The van der Waals surface area contributed by atoms with E-state index >= 15 is 0 Å². The summed E-state index contributed by atoms with van der Waals surface area (Å²) in [5, 5.41) is 14.9. The van der Waals surface area contributed by atoms with Crippen LogP contribution < -0.4 is 10.6 Å². The highest BCUT2D eigenvalue weighted by molar-refractivity contribution is 7.13. The second-order valence-corrected chi connectivity index (χ2v) is 6.78. The molecular formula is C15H22N2O3S. The molecule has 1 aromatic rings. The quantitative estimate of drug-likeness (QED) is 0.770. The maximum Gasteiger partial charge on any atom is 0.261 e. The molecule has 0 aromatic carbocycles. The number of aliphatic hydroxyl groups is 1. The Morgan fingerprint density at radius 1 is 1.33 bits per heavy atom. The van der Waals surface area contributed by atoms with Crippen molar-refractivity contribution < 1.29 is 14.7 Å². The molecule has 6 heteroatoms. The van der Waals surface area contributed by atoms with E-state index in [0.717, 1.165) is 30.6 Å². The first-order valence-electron chi connectivity index (χ1n) is 7.35. The Labute approximate surface area is 128 Å². The number of carbonyl (C=O) groups is 2. The Kier molecular flexibility index (Phi) is 5.76. The van der Waals surface area contributed by atoms with E-state index in [1.807, 2.05) is 13.0 Å². The lowest BCUT2D eigenvalue weighted by atomic mass is 9.85. The van der Waals surface area contributed by atoms with E-state index in [1.54, 1.807) is 6.07 Å². The van der Waals surface area contributed by atoms with Gasteiger partial charge in [0.15, 0.2) is 0 Å². The average Bonchev–Trinajstić information content (AvgIpc) is 2.92. The predicted octanol–water partition coefficient (Wildman–Crippen LogP) is 1.45. The van der Waals surface area contributed by atoms with Crippen LogP contribution in [0.4, 0.5) is 0 Å². The zero-order valence-electron chi connectivity index (χ0n) is 12.2. The molecule has 1 saturated carbocycles. The van der Waals surface area contributed by atoms with Crippen molar-refractivity contribution in [1.82, 2.24) is 10.6 Å². The van der Waals surface area contributed by atoms with Gasteiger partial charge in [0.2, 0.25) is 5.91 Å². The van der Waals surface area contributed by atoms with Crippen LogP contribution in [0.3, 0.4) is 0 Å². The number of carbonyl (C=O) groups excluding carboxylic acids is 2. The molecule has 2 rings (SSSR count). The maximum absolute atomic E-state index is 11.9. The molecule has 2 unspecified atom stereocenters. The lowest BCUT2D eigenvalue weighted by molar-refractivity contribution is -0.121. The van der Waals surface area contributed by atoms with E-state index in [9.17, 15) is 14.7 Å². The first kappa shape index (κ1) is 16.0. The zero-order valence-corrected chi connectivity index (χ0v) is 13.0. The van der Waals surface area contributed by atoms with E-state index in [-0.39, 0.29) is 36.9 Å². The third-order valence-electron chi connectivity index (χ3n) is 3.86. The monoisotopic (exact) mass is 310 g/mol. The van der Waals surface area contributed by atoms with Crippen LogP contribution in [0.2, 0.25) is 0 Å². The van der Waals surface area contributed by atoms with Crippen molar-refractivity contribution in [3.63, 3.8) is 0 Å². The Morgan fingerprint density at radius 3 is 2.76 bits per heavy atom. The van der Waals surface area contributed by atoms with Gasteiger partial charge >= 0.3 is 0 Å². The van der Waals surface area contributed by atoms with Crippen LogP contribution in [0.25, 0.3) is 0 Å². The molecule has 0 bridgehead atoms. The first-order valence-corrected chi connectivity index (χ1v) is 8.16. The van der Waals surface area contributed by atoms with Gasteiger partial charge < -0.3 is 15.7 Å². The smallest absolute Gasteiger partial charge is 0.261 e. The summed E-state index contributed by atoms with van der Waals surface area (Å²) in [6, 6.07) is 3.67. The highest BCUT2D eigenvalue weighted by atomic mass is 32.1. The van der Waals surface area contributed by atoms with E-state index in [4.69, 9.17) is 0 Å². The summed E-state index contributed by atoms with van der Waals surface area (Å²) in [6.45, 7) is 2.02. The molecule has 2 atom stereocenters. The van der Waals surface area contributed by atoms with Crippen LogP contribution in [0, 0.1) is 12.8 Å². The van der Waals surface area contributed by atoms with Gasteiger partial charge in [-0.1, -0.05) is 12.8 Å². The van der Waals surface area contributed by atoms with Crippen molar-refractivity contribution in [1.29, 1.82) is 0 Å². The molecule has 1 heterocycles. The van der Waals surface area contributed by atoms with Gasteiger partial charge in [-0.15, -0.1) is 11.3 Å². The number of hydrogen-bond acceptors (Lipinski definition) is 4. The number of thiophene rings is 1. The molecule has 2 amide bonds. The van der Waals surface area contributed by atoms with E-state index in [0.29, 0.717) is 4.88 Å². The van der Waals surface area contributed by atoms with Gasteiger partial charge in [-0.05, 0) is 31.9 Å². The first-order chi connectivity index (χ1) is 10.1. The predicted molar refractivity (Wildman–Crippen MR) is 82.4 cm³/mol. The summed E-state index contributed by atoms with van der Waals surface area (Å²) in [5.74, 6) is -0.272. The Morgan fingerprint density at radius 2 is 2.10 bits per heavy atom. The van der Waals surface area contributed by atoms with Crippen molar-refractivity contribution in [3.8, 4) is 0 Å². The molecule has 21 heavy (non-hydrogen) atoms. The summed E-state index contributed by atoms with van der Waals surface area (Å²) >= 11 is 1.41. The summed E-state index contributed by atoms with van der Waals surface area (Å²) in [7, 11) is 0. The van der Waals surface area contributed by atoms with Gasteiger partial charge in [0.25, 0.3) is 5.91 Å². The fraction of sp³-hybridized carbons (Fsp3) is 0.600. The van der Waals surface area contributed by atoms with Crippen LogP contribution >= 0.6 is 11.3 Å². The summed E-state index contributed by atoms with van der Waals surface area (Å²) in [5.41, 5.74) is 0. The molecule has 0 radical (unpaired) electrons. The second-order valence-electron chi connectivity index (χ2n) is 5.49. The van der Waals surface area contributed by atoms with Gasteiger partial charge in [-0.25, -0.2) is 0 Å². The fourth-order valence-corrected chi connectivity index (χ4v) is 3.46. The molecule has 0 saturated heterocycles. The normalized spacial score (nSPS) is 21.8. The van der Waals surface area contributed by atoms with Crippen LogP contribution in [0.1, 0.15) is 40.2 Å². The third-order valence-corrected chi connectivity index (χ3v) is 4.86. The van der Waals surface area contributed by atoms with Gasteiger partial charge in [0.05, 0.1) is 11.4 Å². The topological polar surface area (TPSA) is 78.4 Å². The van der Waals surface area contributed by atoms with Crippen molar-refractivity contribution in [3.05, 3.63) is 21.9 Å². The average molecular weight is 310 g/mol. The van der Waals surface area contributed by atoms with Gasteiger partial charge in [-0.2, -0.15) is 0 Å². The number of rotatable bonds is 5. The lowest BCUT2D eigenvalue weighted by Gasteiger charge is -2.30. The van der Waals surface area contributed by atoms with Gasteiger partial charge in [-0.3, -0.25) is 9.59 Å². The molecule has 3 N–H and O–H groups in total. The van der Waals surface area contributed by atoms with Crippen molar-refractivity contribution in [2.45, 2.75) is 38.6 Å². The number of aliphatic hydroxyl groups excluding tert-OH is 1. The van der Waals surface area contributed by atoms with Crippen molar-refractivity contribution >= 4 is 23.2 Å². The Balaban J connectivity index is 1.77. The number of aryl methyl sites for hydroxylation is 1. The minimum Gasteiger partial charge on any atom is -0.396 e. The summed E-state index contributed by atoms with van der Waals surface area (Å²) in [6.07, 6.45) is 4.02. The number of nitrogens with one attached hydrogen (secondary N) is 2. The van der Waals surface area contributed by atoms with Gasteiger partial charge in [0, 0.05) is 23.4 Å². The van der Waals surface area contributed by atoms with E-state index in [2.05, 4.69) is 10.6 Å². The highest BCUT2D eigenvalue weighted by Gasteiger charge is 2.25. The molecule has 0 aliphatic heterocycles. The Hall–Kier alpha value is -1.40. The highest BCUT2D eigenvalue weighted by Crippen LogP contribution is 2.23. The summed E-state index contributed by atoms with van der Waals surface area (Å²) < 4.78 is 0. The van der Waals surface area contributed by atoms with Crippen molar-refractivity contribution in [2.75, 3.05) is 13.2 Å². The molecule has 0 spiro atoms. The fourth-order valence-electron chi connectivity index (χ4n) is 2.68. The molecule has 1 aliphatic rings. The van der Waals surface area contributed by atoms with Crippen molar-refractivity contribution in [2.24, 2.45) is 5.92 Å². The second kappa shape index (κ2) is 7.56. The van der Waals surface area contributed by atoms with Crippen LogP contribution in [0.15, 0.2) is 12.1 Å². The summed E-state index contributed by atoms with van der Waals surface area (Å²) in [4.78, 5) is 25.4. The largest absolute Gasteiger partial charge is 0.396 e. The third kappa shape index (κ3) is 4.54. The van der Waals surface area contributed by atoms with Gasteiger partial charge in [0.1, 0.15) is 0 Å². The molecule has 1 aliphatic carbocycles. The zero-order chi connectivity index (χ0) is 15.2. The lowest BCUT2D eigenvalue weighted by Crippen LogP contribution is -2.47. The molecule has 116 valence electrons. The minimum absolute atomic E-state index is 0.0234.